The number of hydrogen-bond donors (Lipinski definition) is 0. The fourth-order valence-corrected chi connectivity index (χ4v) is 2.78. The van der Waals surface area contributed by atoms with Gasteiger partial charge in [0.25, 0.3) is 5.56 Å². The summed E-state index contributed by atoms with van der Waals surface area (Å²) in [5.41, 5.74) is 0.702. The van der Waals surface area contributed by atoms with Crippen LogP contribution in [-0.2, 0) is 11.3 Å². The van der Waals surface area contributed by atoms with E-state index in [0.717, 1.165) is 26.1 Å². The lowest BCUT2D eigenvalue weighted by molar-refractivity contribution is 0.0499. The van der Waals surface area contributed by atoms with E-state index in [1.165, 1.54) is 6.42 Å². The fourth-order valence-electron chi connectivity index (χ4n) is 2.78. The van der Waals surface area contributed by atoms with E-state index in [1.807, 2.05) is 12.1 Å². The van der Waals surface area contributed by atoms with E-state index in [0.29, 0.717) is 29.1 Å². The van der Waals surface area contributed by atoms with Crippen molar-refractivity contribution in [3.63, 3.8) is 0 Å². The normalized spacial score (nSPS) is 18.8. The van der Waals surface area contributed by atoms with Crippen molar-refractivity contribution in [2.24, 2.45) is 5.92 Å². The number of benzene rings is 1. The molecule has 1 aliphatic rings. The zero-order valence-electron chi connectivity index (χ0n) is 12.2. The third-order valence-electron chi connectivity index (χ3n) is 4.06. The number of hydrogen-bond acceptors (Lipinski definition) is 4. The number of rotatable bonds is 4. The first-order valence-electron chi connectivity index (χ1n) is 7.39. The highest BCUT2D eigenvalue weighted by Gasteiger charge is 2.14. The Morgan fingerprint density at radius 1 is 1.48 bits per heavy atom. The van der Waals surface area contributed by atoms with Gasteiger partial charge in [-0.15, -0.1) is 0 Å². The summed E-state index contributed by atoms with van der Waals surface area (Å²) < 4.78 is 12.4. The highest BCUT2D eigenvalue weighted by atomic mass is 16.5. The first-order chi connectivity index (χ1) is 10.3. The van der Waals surface area contributed by atoms with Gasteiger partial charge in [-0.2, -0.15) is 0 Å². The summed E-state index contributed by atoms with van der Waals surface area (Å²) in [5.74, 6) is 1.23. The van der Waals surface area contributed by atoms with E-state index in [1.54, 1.807) is 24.1 Å². The van der Waals surface area contributed by atoms with Gasteiger partial charge in [-0.05, 0) is 43.4 Å². The van der Waals surface area contributed by atoms with Gasteiger partial charge in [0.1, 0.15) is 5.75 Å². The lowest BCUT2D eigenvalue weighted by Crippen LogP contribution is -2.24. The van der Waals surface area contributed by atoms with Crippen LogP contribution in [0.3, 0.4) is 0 Å². The number of fused-ring (bicyclic) bond motifs is 1. The Hall–Kier alpha value is -1.88. The Kier molecular flexibility index (Phi) is 4.20. The summed E-state index contributed by atoms with van der Waals surface area (Å²) in [5, 5.41) is 0.608. The molecular formula is C16H20N2O3. The van der Waals surface area contributed by atoms with Crippen LogP contribution in [0.4, 0.5) is 0 Å². The van der Waals surface area contributed by atoms with Gasteiger partial charge < -0.3 is 9.47 Å². The van der Waals surface area contributed by atoms with Crippen molar-refractivity contribution in [1.82, 2.24) is 9.55 Å². The van der Waals surface area contributed by atoms with E-state index in [4.69, 9.17) is 9.47 Å². The van der Waals surface area contributed by atoms with Gasteiger partial charge in [-0.25, -0.2) is 4.98 Å². The number of nitrogens with zero attached hydrogens (tertiary/aromatic N) is 2. The van der Waals surface area contributed by atoms with Gasteiger partial charge in [0, 0.05) is 19.8 Å². The molecular weight excluding hydrogens is 268 g/mol. The van der Waals surface area contributed by atoms with Crippen molar-refractivity contribution >= 4 is 10.9 Å². The van der Waals surface area contributed by atoms with Gasteiger partial charge in [-0.3, -0.25) is 9.36 Å². The molecule has 0 radical (unpaired) electrons. The van der Waals surface area contributed by atoms with Gasteiger partial charge in [-0.1, -0.05) is 0 Å². The summed E-state index contributed by atoms with van der Waals surface area (Å²) in [6.45, 7) is 2.37. The van der Waals surface area contributed by atoms with Crippen LogP contribution >= 0.6 is 0 Å². The Morgan fingerprint density at radius 2 is 2.38 bits per heavy atom. The standard InChI is InChI=1S/C16H20N2O3/c1-20-13-4-5-15-14(9-13)16(19)18(11-17-15)7-6-12-3-2-8-21-10-12/h4-5,9,11-12H,2-3,6-8,10H2,1H3/t12-/m1/s1. The molecule has 1 aromatic heterocycles. The molecule has 1 aliphatic heterocycles. The van der Waals surface area contributed by atoms with Gasteiger partial charge in [0.2, 0.25) is 0 Å². The van der Waals surface area contributed by atoms with E-state index in [2.05, 4.69) is 4.98 Å². The van der Waals surface area contributed by atoms with Crippen LogP contribution in [0.2, 0.25) is 0 Å². The summed E-state index contributed by atoms with van der Waals surface area (Å²) in [7, 11) is 1.60. The van der Waals surface area contributed by atoms with Crippen molar-refractivity contribution in [3.05, 3.63) is 34.9 Å². The van der Waals surface area contributed by atoms with Gasteiger partial charge in [0.15, 0.2) is 0 Å². The molecule has 112 valence electrons. The largest absolute Gasteiger partial charge is 0.497 e. The van der Waals surface area contributed by atoms with Crippen LogP contribution < -0.4 is 10.3 Å². The molecule has 1 aromatic carbocycles. The van der Waals surface area contributed by atoms with E-state index in [9.17, 15) is 4.79 Å². The Morgan fingerprint density at radius 3 is 3.14 bits per heavy atom. The van der Waals surface area contributed by atoms with Crippen LogP contribution in [0, 0.1) is 5.92 Å². The number of ether oxygens (including phenoxy) is 2. The molecule has 1 saturated heterocycles. The minimum Gasteiger partial charge on any atom is -0.497 e. The molecule has 21 heavy (non-hydrogen) atoms. The molecule has 0 bridgehead atoms. The predicted octanol–water partition coefficient (Wildman–Crippen LogP) is 2.22. The number of aryl methyl sites for hydroxylation is 1. The Labute approximate surface area is 123 Å². The van der Waals surface area contributed by atoms with Crippen LogP contribution in [-0.4, -0.2) is 29.9 Å². The minimum atomic E-state index is -0.00405. The van der Waals surface area contributed by atoms with Crippen molar-refractivity contribution < 1.29 is 9.47 Å². The average Bonchev–Trinajstić information content (AvgIpc) is 2.55. The molecule has 2 heterocycles. The second kappa shape index (κ2) is 6.26. The average molecular weight is 288 g/mol. The predicted molar refractivity (Wildman–Crippen MR) is 80.7 cm³/mol. The summed E-state index contributed by atoms with van der Waals surface area (Å²) in [4.78, 5) is 16.9. The third kappa shape index (κ3) is 3.08. The number of aromatic nitrogens is 2. The molecule has 1 atom stereocenters. The smallest absolute Gasteiger partial charge is 0.261 e. The van der Waals surface area contributed by atoms with E-state index < -0.39 is 0 Å². The molecule has 0 saturated carbocycles. The summed E-state index contributed by atoms with van der Waals surface area (Å²) in [6.07, 6.45) is 4.90. The minimum absolute atomic E-state index is 0.00405. The molecule has 2 aromatic rings. The molecule has 0 spiro atoms. The van der Waals surface area contributed by atoms with Gasteiger partial charge in [0.05, 0.1) is 24.3 Å². The maximum atomic E-state index is 12.5. The molecule has 0 N–H and O–H groups in total. The van der Waals surface area contributed by atoms with Crippen molar-refractivity contribution in [2.45, 2.75) is 25.8 Å². The highest BCUT2D eigenvalue weighted by molar-refractivity contribution is 5.78. The van der Waals surface area contributed by atoms with Gasteiger partial charge >= 0.3 is 0 Å². The molecule has 3 rings (SSSR count). The second-order valence-electron chi connectivity index (χ2n) is 5.50. The van der Waals surface area contributed by atoms with Crippen molar-refractivity contribution in [1.29, 1.82) is 0 Å². The first-order valence-corrected chi connectivity index (χ1v) is 7.39. The topological polar surface area (TPSA) is 53.4 Å². The van der Waals surface area contributed by atoms with Crippen LogP contribution in [0.25, 0.3) is 10.9 Å². The van der Waals surface area contributed by atoms with Crippen LogP contribution in [0.15, 0.2) is 29.3 Å². The lowest BCUT2D eigenvalue weighted by atomic mass is 9.99. The maximum absolute atomic E-state index is 12.5. The second-order valence-corrected chi connectivity index (χ2v) is 5.50. The monoisotopic (exact) mass is 288 g/mol. The zero-order valence-corrected chi connectivity index (χ0v) is 12.2. The van der Waals surface area contributed by atoms with Crippen molar-refractivity contribution in [2.75, 3.05) is 20.3 Å². The first kappa shape index (κ1) is 14.1. The molecule has 0 amide bonds. The quantitative estimate of drug-likeness (QED) is 0.865. The molecule has 0 unspecified atom stereocenters. The van der Waals surface area contributed by atoms with Crippen LogP contribution in [0.5, 0.6) is 5.75 Å². The van der Waals surface area contributed by atoms with Crippen molar-refractivity contribution in [3.8, 4) is 5.75 Å². The van der Waals surface area contributed by atoms with E-state index in [-0.39, 0.29) is 5.56 Å². The molecule has 5 nitrogen and oxygen atoms in total. The molecule has 0 aliphatic carbocycles. The Bertz CT molecular complexity index is 675. The fraction of sp³-hybridized carbons (Fsp3) is 0.500. The maximum Gasteiger partial charge on any atom is 0.261 e. The Balaban J connectivity index is 1.81. The van der Waals surface area contributed by atoms with Crippen LogP contribution in [0.1, 0.15) is 19.3 Å². The molecule has 1 fully saturated rings. The number of methoxy groups -OCH3 is 1. The summed E-state index contributed by atoms with van der Waals surface area (Å²) >= 11 is 0. The summed E-state index contributed by atoms with van der Waals surface area (Å²) in [6, 6.07) is 5.39. The SMILES string of the molecule is COc1ccc2ncn(CC[C@H]3CCCOC3)c(=O)c2c1. The lowest BCUT2D eigenvalue weighted by Gasteiger charge is -2.22. The zero-order chi connectivity index (χ0) is 14.7. The highest BCUT2D eigenvalue weighted by Crippen LogP contribution is 2.18. The van der Waals surface area contributed by atoms with E-state index >= 15 is 0 Å². The molecule has 5 heteroatoms. The third-order valence-corrected chi connectivity index (χ3v) is 4.06.